The Morgan fingerprint density at radius 1 is 1.03 bits per heavy atom. The highest BCUT2D eigenvalue weighted by Gasteiger charge is 2.33. The first kappa shape index (κ1) is 23.7. The summed E-state index contributed by atoms with van der Waals surface area (Å²) in [5.41, 5.74) is 3.23. The number of nitrogens with zero attached hydrogens (tertiary/aromatic N) is 2. The molecule has 178 valence electrons. The van der Waals surface area contributed by atoms with Crippen molar-refractivity contribution < 1.29 is 22.8 Å². The molecule has 0 aliphatic heterocycles. The molecule has 0 unspecified atom stereocenters. The lowest BCUT2D eigenvalue weighted by molar-refractivity contribution is -0.384. The highest BCUT2D eigenvalue weighted by atomic mass is 19.4. The Kier molecular flexibility index (Phi) is 6.68. The Hall–Kier alpha value is -4.40. The minimum absolute atomic E-state index is 0.165. The van der Waals surface area contributed by atoms with E-state index < -0.39 is 22.4 Å². The van der Waals surface area contributed by atoms with Crippen molar-refractivity contribution in [2.45, 2.75) is 19.7 Å². The van der Waals surface area contributed by atoms with Crippen LogP contribution in [0.15, 0.2) is 84.0 Å². The molecule has 0 saturated carbocycles. The summed E-state index contributed by atoms with van der Waals surface area (Å²) in [6.07, 6.45) is -3.26. The minimum atomic E-state index is -4.70. The topological polar surface area (TPSA) is 76.8 Å². The van der Waals surface area contributed by atoms with E-state index in [1.807, 2.05) is 61.5 Å². The molecule has 35 heavy (non-hydrogen) atoms. The lowest BCUT2D eigenvalue weighted by atomic mass is 10.0. The maximum absolute atomic E-state index is 13.0. The van der Waals surface area contributed by atoms with Crippen LogP contribution in [0.2, 0.25) is 0 Å². The third kappa shape index (κ3) is 5.57. The van der Waals surface area contributed by atoms with Crippen LogP contribution in [0.4, 0.5) is 24.5 Å². The summed E-state index contributed by atoms with van der Waals surface area (Å²) in [6.45, 7) is 2.31. The van der Waals surface area contributed by atoms with E-state index in [0.29, 0.717) is 24.0 Å². The summed E-state index contributed by atoms with van der Waals surface area (Å²) in [6, 6.07) is 21.4. The number of halogens is 3. The van der Waals surface area contributed by atoms with Crippen LogP contribution in [-0.4, -0.2) is 11.1 Å². The molecular weight excluding hydrogens is 459 g/mol. The van der Waals surface area contributed by atoms with Crippen LogP contribution in [0.1, 0.15) is 22.3 Å². The van der Waals surface area contributed by atoms with Crippen LogP contribution < -0.4 is 10.2 Å². The zero-order valence-corrected chi connectivity index (χ0v) is 18.5. The van der Waals surface area contributed by atoms with Crippen molar-refractivity contribution in [2.24, 2.45) is 5.10 Å². The molecular formula is C26H20F3N3O3. The van der Waals surface area contributed by atoms with Crippen LogP contribution in [0.25, 0.3) is 10.8 Å². The molecule has 4 rings (SSSR count). The van der Waals surface area contributed by atoms with Gasteiger partial charge in [-0.3, -0.25) is 15.5 Å². The van der Waals surface area contributed by atoms with Gasteiger partial charge in [-0.2, -0.15) is 18.3 Å². The number of anilines is 1. The van der Waals surface area contributed by atoms with Crippen molar-refractivity contribution >= 4 is 28.4 Å². The molecule has 0 spiro atoms. The Morgan fingerprint density at radius 3 is 2.49 bits per heavy atom. The fraction of sp³-hybridized carbons (Fsp3) is 0.115. The molecule has 0 amide bonds. The van der Waals surface area contributed by atoms with Crippen LogP contribution in [0, 0.1) is 17.0 Å². The standard InChI is InChI=1S/C26H20F3N3O3/c1-17-6-8-18(9-7-17)16-35-25-13-10-19-4-2-3-5-21(19)22(25)15-30-31-23-12-11-20(26(27,28)29)14-24(23)32(33)34/h2-15,31H,16H2,1H3/b30-15-. The molecule has 4 aromatic carbocycles. The molecule has 6 nitrogen and oxygen atoms in total. The van der Waals surface area contributed by atoms with Gasteiger partial charge in [0.25, 0.3) is 5.69 Å². The Balaban J connectivity index is 1.64. The number of hydrogen-bond donors (Lipinski definition) is 1. The highest BCUT2D eigenvalue weighted by Crippen LogP contribution is 2.35. The molecule has 0 aromatic heterocycles. The first-order chi connectivity index (χ1) is 16.7. The van der Waals surface area contributed by atoms with Gasteiger partial charge in [-0.05, 0) is 41.5 Å². The van der Waals surface area contributed by atoms with Crippen LogP contribution >= 0.6 is 0 Å². The normalized spacial score (nSPS) is 11.7. The summed E-state index contributed by atoms with van der Waals surface area (Å²) in [7, 11) is 0. The molecule has 0 radical (unpaired) electrons. The predicted molar refractivity (Wildman–Crippen MR) is 129 cm³/mol. The highest BCUT2D eigenvalue weighted by molar-refractivity contribution is 6.02. The van der Waals surface area contributed by atoms with Gasteiger partial charge < -0.3 is 4.74 Å². The molecule has 0 bridgehead atoms. The van der Waals surface area contributed by atoms with Crippen molar-refractivity contribution in [3.05, 3.63) is 111 Å². The quantitative estimate of drug-likeness (QED) is 0.174. The summed E-state index contributed by atoms with van der Waals surface area (Å²) < 4.78 is 44.9. The number of nitro benzene ring substituents is 1. The first-order valence-corrected chi connectivity index (χ1v) is 10.6. The van der Waals surface area contributed by atoms with E-state index >= 15 is 0 Å². The SMILES string of the molecule is Cc1ccc(COc2ccc3ccccc3c2/C=N\Nc2ccc(C(F)(F)F)cc2[N+](=O)[O-])cc1. The largest absolute Gasteiger partial charge is 0.488 e. The third-order valence-corrected chi connectivity index (χ3v) is 5.35. The molecule has 0 fully saturated rings. The Labute approximate surface area is 198 Å². The summed E-state index contributed by atoms with van der Waals surface area (Å²) >= 11 is 0. The zero-order valence-electron chi connectivity index (χ0n) is 18.5. The molecule has 0 aliphatic carbocycles. The van der Waals surface area contributed by atoms with Gasteiger partial charge in [-0.25, -0.2) is 0 Å². The van der Waals surface area contributed by atoms with Gasteiger partial charge in [-0.1, -0.05) is 60.2 Å². The van der Waals surface area contributed by atoms with Crippen LogP contribution in [0.5, 0.6) is 5.75 Å². The van der Waals surface area contributed by atoms with Gasteiger partial charge in [0.15, 0.2) is 0 Å². The number of hydrogen-bond acceptors (Lipinski definition) is 5. The van der Waals surface area contributed by atoms with Crippen molar-refractivity contribution in [2.75, 3.05) is 5.43 Å². The van der Waals surface area contributed by atoms with Gasteiger partial charge in [0, 0.05) is 11.6 Å². The van der Waals surface area contributed by atoms with Crippen LogP contribution in [-0.2, 0) is 12.8 Å². The van der Waals surface area contributed by atoms with Crippen molar-refractivity contribution in [3.8, 4) is 5.75 Å². The fourth-order valence-electron chi connectivity index (χ4n) is 3.50. The number of nitrogens with one attached hydrogen (secondary N) is 1. The van der Waals surface area contributed by atoms with Crippen LogP contribution in [0.3, 0.4) is 0 Å². The van der Waals surface area contributed by atoms with Gasteiger partial charge in [0.1, 0.15) is 18.0 Å². The number of aryl methyl sites for hydroxylation is 1. The van der Waals surface area contributed by atoms with E-state index in [4.69, 9.17) is 4.74 Å². The van der Waals surface area contributed by atoms with Crippen molar-refractivity contribution in [1.29, 1.82) is 0 Å². The number of hydrazone groups is 1. The number of ether oxygens (including phenoxy) is 1. The molecule has 4 aromatic rings. The molecule has 0 saturated heterocycles. The maximum Gasteiger partial charge on any atom is 0.416 e. The maximum atomic E-state index is 13.0. The number of rotatable bonds is 7. The second-order valence-corrected chi connectivity index (χ2v) is 7.83. The first-order valence-electron chi connectivity index (χ1n) is 10.6. The van der Waals surface area contributed by atoms with Crippen molar-refractivity contribution in [1.82, 2.24) is 0 Å². The average Bonchev–Trinajstić information content (AvgIpc) is 2.83. The summed E-state index contributed by atoms with van der Waals surface area (Å²) in [5, 5.41) is 17.2. The Bertz CT molecular complexity index is 1400. The Morgan fingerprint density at radius 2 is 1.77 bits per heavy atom. The van der Waals surface area contributed by atoms with E-state index in [1.165, 1.54) is 6.21 Å². The van der Waals surface area contributed by atoms with Gasteiger partial charge >= 0.3 is 6.18 Å². The lowest BCUT2D eigenvalue weighted by Gasteiger charge is -2.12. The van der Waals surface area contributed by atoms with E-state index in [2.05, 4.69) is 10.5 Å². The third-order valence-electron chi connectivity index (χ3n) is 5.35. The van der Waals surface area contributed by atoms with E-state index in [0.717, 1.165) is 34.0 Å². The van der Waals surface area contributed by atoms with E-state index in [9.17, 15) is 23.3 Å². The van der Waals surface area contributed by atoms with Gasteiger partial charge in [0.2, 0.25) is 0 Å². The molecule has 0 aliphatic rings. The average molecular weight is 479 g/mol. The summed E-state index contributed by atoms with van der Waals surface area (Å²) in [4.78, 5) is 10.4. The number of alkyl halides is 3. The molecule has 0 atom stereocenters. The van der Waals surface area contributed by atoms with Gasteiger partial charge in [0.05, 0.1) is 16.7 Å². The van der Waals surface area contributed by atoms with E-state index in [1.54, 1.807) is 6.07 Å². The van der Waals surface area contributed by atoms with E-state index in [-0.39, 0.29) is 5.69 Å². The number of fused-ring (bicyclic) bond motifs is 1. The fourth-order valence-corrected chi connectivity index (χ4v) is 3.50. The number of benzene rings is 4. The molecule has 0 heterocycles. The summed E-state index contributed by atoms with van der Waals surface area (Å²) in [5.74, 6) is 0.539. The minimum Gasteiger partial charge on any atom is -0.488 e. The van der Waals surface area contributed by atoms with Crippen molar-refractivity contribution in [3.63, 3.8) is 0 Å². The molecule has 9 heteroatoms. The second-order valence-electron chi connectivity index (χ2n) is 7.83. The predicted octanol–water partition coefficient (Wildman–Crippen LogP) is 7.10. The monoisotopic (exact) mass is 479 g/mol. The lowest BCUT2D eigenvalue weighted by Crippen LogP contribution is -2.07. The smallest absolute Gasteiger partial charge is 0.416 e. The second kappa shape index (κ2) is 9.84. The molecule has 1 N–H and O–H groups in total. The van der Waals surface area contributed by atoms with Gasteiger partial charge in [-0.15, -0.1) is 0 Å². The zero-order chi connectivity index (χ0) is 25.0. The number of nitro groups is 1.